The van der Waals surface area contributed by atoms with E-state index in [0.717, 1.165) is 0 Å². The first-order valence-corrected chi connectivity index (χ1v) is 6.95. The smallest absolute Gasteiger partial charge is 0.232 e. The molecule has 0 unspecified atom stereocenters. The Morgan fingerprint density at radius 1 is 1.47 bits per heavy atom. The van der Waals surface area contributed by atoms with Crippen LogP contribution in [0, 0.1) is 0 Å². The third kappa shape index (κ3) is 4.80. The van der Waals surface area contributed by atoms with E-state index in [9.17, 15) is 13.5 Å². The Labute approximate surface area is 105 Å². The maximum atomic E-state index is 11.6. The Balaban J connectivity index is 2.66. The summed E-state index contributed by atoms with van der Waals surface area (Å²) in [5, 5.41) is 9.29. The second kappa shape index (κ2) is 6.09. The Morgan fingerprint density at radius 3 is 2.76 bits per heavy atom. The predicted molar refractivity (Wildman–Crippen MR) is 67.0 cm³/mol. The number of rotatable bonds is 6. The van der Waals surface area contributed by atoms with Crippen LogP contribution in [0.2, 0.25) is 5.02 Å². The molecule has 1 aromatic rings. The van der Waals surface area contributed by atoms with Crippen LogP contribution >= 0.6 is 11.6 Å². The fourth-order valence-corrected chi connectivity index (χ4v) is 2.46. The van der Waals surface area contributed by atoms with Crippen LogP contribution in [0.15, 0.2) is 18.2 Å². The highest BCUT2D eigenvalue weighted by molar-refractivity contribution is 7.92. The Kier molecular flexibility index (Phi) is 5.04. The summed E-state index contributed by atoms with van der Waals surface area (Å²) in [5.74, 6) is -0.117. The average molecular weight is 280 g/mol. The fourth-order valence-electron chi connectivity index (χ4n) is 1.19. The molecule has 5 nitrogen and oxygen atoms in total. The average Bonchev–Trinajstić information content (AvgIpc) is 2.23. The molecule has 2 N–H and O–H groups in total. The molecule has 0 bridgehead atoms. The van der Waals surface area contributed by atoms with Gasteiger partial charge >= 0.3 is 0 Å². The van der Waals surface area contributed by atoms with Gasteiger partial charge < -0.3 is 9.84 Å². The number of sulfonamides is 1. The van der Waals surface area contributed by atoms with E-state index in [-0.39, 0.29) is 16.5 Å². The van der Waals surface area contributed by atoms with Gasteiger partial charge in [0.15, 0.2) is 0 Å². The van der Waals surface area contributed by atoms with E-state index in [1.807, 2.05) is 0 Å². The van der Waals surface area contributed by atoms with E-state index < -0.39 is 10.0 Å². The number of halogens is 1. The highest BCUT2D eigenvalue weighted by Crippen LogP contribution is 2.26. The highest BCUT2D eigenvalue weighted by atomic mass is 35.5. The SMILES string of the molecule is COCCCS(=O)(=O)Nc1ccc(O)c(Cl)c1. The molecule has 0 fully saturated rings. The van der Waals surface area contributed by atoms with Gasteiger partial charge in [0.05, 0.1) is 16.5 Å². The molecule has 17 heavy (non-hydrogen) atoms. The van der Waals surface area contributed by atoms with Crippen molar-refractivity contribution < 1.29 is 18.3 Å². The van der Waals surface area contributed by atoms with Gasteiger partial charge in [-0.2, -0.15) is 0 Å². The Bertz CT molecular complexity index is 475. The maximum Gasteiger partial charge on any atom is 0.232 e. The van der Waals surface area contributed by atoms with E-state index in [2.05, 4.69) is 4.72 Å². The van der Waals surface area contributed by atoms with Gasteiger partial charge in [-0.15, -0.1) is 0 Å². The van der Waals surface area contributed by atoms with Crippen LogP contribution in [0.5, 0.6) is 5.75 Å². The van der Waals surface area contributed by atoms with Crippen molar-refractivity contribution in [3.63, 3.8) is 0 Å². The van der Waals surface area contributed by atoms with Crippen LogP contribution in [-0.2, 0) is 14.8 Å². The molecule has 1 aromatic carbocycles. The maximum absolute atomic E-state index is 11.6. The van der Waals surface area contributed by atoms with E-state index >= 15 is 0 Å². The Hall–Kier alpha value is -0.980. The lowest BCUT2D eigenvalue weighted by Gasteiger charge is -2.08. The second-order valence-electron chi connectivity index (χ2n) is 3.43. The summed E-state index contributed by atoms with van der Waals surface area (Å²) in [5.41, 5.74) is 0.324. The first-order valence-electron chi connectivity index (χ1n) is 4.92. The molecular formula is C10H14ClNO4S. The summed E-state index contributed by atoms with van der Waals surface area (Å²) in [6, 6.07) is 4.12. The van der Waals surface area contributed by atoms with Crippen LogP contribution < -0.4 is 4.72 Å². The fraction of sp³-hybridized carbons (Fsp3) is 0.400. The molecule has 0 atom stereocenters. The number of phenolic OH excluding ortho intramolecular Hbond substituents is 1. The van der Waals surface area contributed by atoms with Crippen LogP contribution in [0.1, 0.15) is 6.42 Å². The molecule has 0 aromatic heterocycles. The van der Waals surface area contributed by atoms with Gasteiger partial charge in [0, 0.05) is 13.7 Å². The summed E-state index contributed by atoms with van der Waals surface area (Å²) in [7, 11) is -1.89. The number of phenols is 1. The molecule has 0 aliphatic heterocycles. The van der Waals surface area contributed by atoms with Crippen molar-refractivity contribution in [1.82, 2.24) is 0 Å². The molecule has 1 rings (SSSR count). The lowest BCUT2D eigenvalue weighted by molar-refractivity contribution is 0.199. The molecule has 0 heterocycles. The lowest BCUT2D eigenvalue weighted by Crippen LogP contribution is -2.17. The van der Waals surface area contributed by atoms with Gasteiger partial charge in [-0.25, -0.2) is 8.42 Å². The normalized spacial score (nSPS) is 11.4. The van der Waals surface area contributed by atoms with Crippen molar-refractivity contribution in [1.29, 1.82) is 0 Å². The monoisotopic (exact) mass is 279 g/mol. The van der Waals surface area contributed by atoms with Gasteiger partial charge in [0.1, 0.15) is 5.75 Å². The summed E-state index contributed by atoms with van der Waals surface area (Å²) in [4.78, 5) is 0. The molecule has 0 aliphatic carbocycles. The third-order valence-electron chi connectivity index (χ3n) is 1.98. The number of anilines is 1. The highest BCUT2D eigenvalue weighted by Gasteiger charge is 2.10. The first kappa shape index (κ1) is 14.1. The van der Waals surface area contributed by atoms with E-state index in [0.29, 0.717) is 18.7 Å². The minimum Gasteiger partial charge on any atom is -0.506 e. The second-order valence-corrected chi connectivity index (χ2v) is 5.68. The zero-order valence-electron chi connectivity index (χ0n) is 9.31. The van der Waals surface area contributed by atoms with E-state index in [1.165, 1.54) is 25.3 Å². The van der Waals surface area contributed by atoms with Crippen molar-refractivity contribution in [3.05, 3.63) is 23.2 Å². The quantitative estimate of drug-likeness (QED) is 0.615. The minimum absolute atomic E-state index is 0.0284. The Morgan fingerprint density at radius 2 is 2.18 bits per heavy atom. The first-order chi connectivity index (χ1) is 7.94. The number of nitrogens with one attached hydrogen (secondary N) is 1. The summed E-state index contributed by atoms with van der Waals surface area (Å²) in [6.07, 6.45) is 0.414. The van der Waals surface area contributed by atoms with Gasteiger partial charge in [0.25, 0.3) is 0 Å². The topological polar surface area (TPSA) is 75.6 Å². The number of benzene rings is 1. The van der Waals surface area contributed by atoms with Crippen LogP contribution in [-0.4, -0.2) is 33.0 Å². The molecule has 7 heteroatoms. The summed E-state index contributed by atoms with van der Waals surface area (Å²) < 4.78 is 30.3. The molecule has 96 valence electrons. The van der Waals surface area contributed by atoms with Crippen LogP contribution in [0.25, 0.3) is 0 Å². The van der Waals surface area contributed by atoms with Gasteiger partial charge in [-0.1, -0.05) is 11.6 Å². The largest absolute Gasteiger partial charge is 0.506 e. The number of aromatic hydroxyl groups is 1. The third-order valence-corrected chi connectivity index (χ3v) is 3.66. The summed E-state index contributed by atoms with van der Waals surface area (Å²) >= 11 is 5.66. The molecule has 0 amide bonds. The zero-order valence-corrected chi connectivity index (χ0v) is 10.9. The summed E-state index contributed by atoms with van der Waals surface area (Å²) in [6.45, 7) is 0.386. The minimum atomic E-state index is -3.41. The number of hydrogen-bond acceptors (Lipinski definition) is 4. The molecule has 0 saturated heterocycles. The number of methoxy groups -OCH3 is 1. The standard InChI is InChI=1S/C10H14ClNO4S/c1-16-5-2-6-17(14,15)12-8-3-4-10(13)9(11)7-8/h3-4,7,12-13H,2,5-6H2,1H3. The van der Waals surface area contributed by atoms with Gasteiger partial charge in [-0.05, 0) is 24.6 Å². The number of hydrogen-bond donors (Lipinski definition) is 2. The molecule has 0 spiro atoms. The van der Waals surface area contributed by atoms with Crippen molar-refractivity contribution in [2.45, 2.75) is 6.42 Å². The van der Waals surface area contributed by atoms with Crippen molar-refractivity contribution in [3.8, 4) is 5.75 Å². The van der Waals surface area contributed by atoms with Gasteiger partial charge in [-0.3, -0.25) is 4.72 Å². The van der Waals surface area contributed by atoms with E-state index in [4.69, 9.17) is 16.3 Å². The van der Waals surface area contributed by atoms with Crippen LogP contribution in [0.3, 0.4) is 0 Å². The van der Waals surface area contributed by atoms with E-state index in [1.54, 1.807) is 0 Å². The molecule has 0 saturated carbocycles. The predicted octanol–water partition coefficient (Wildman–Crippen LogP) is 1.82. The van der Waals surface area contributed by atoms with Crippen molar-refractivity contribution in [2.24, 2.45) is 0 Å². The molecule has 0 aliphatic rings. The van der Waals surface area contributed by atoms with Crippen LogP contribution in [0.4, 0.5) is 5.69 Å². The zero-order chi connectivity index (χ0) is 12.9. The van der Waals surface area contributed by atoms with Crippen molar-refractivity contribution >= 4 is 27.3 Å². The van der Waals surface area contributed by atoms with Gasteiger partial charge in [0.2, 0.25) is 10.0 Å². The lowest BCUT2D eigenvalue weighted by atomic mass is 10.3. The molecular weight excluding hydrogens is 266 g/mol. The molecule has 0 radical (unpaired) electrons. The number of ether oxygens (including phenoxy) is 1. The van der Waals surface area contributed by atoms with Crippen molar-refractivity contribution in [2.75, 3.05) is 24.2 Å².